The molecule has 1 aliphatic carbocycles. The van der Waals surface area contributed by atoms with Gasteiger partial charge in [0.25, 0.3) is 0 Å². The second-order valence-electron chi connectivity index (χ2n) is 6.17. The number of hydrogen-bond donors (Lipinski definition) is 1. The molecule has 0 bridgehead atoms. The van der Waals surface area contributed by atoms with Crippen molar-refractivity contribution in [2.75, 3.05) is 5.32 Å². The van der Waals surface area contributed by atoms with Crippen LogP contribution >= 0.6 is 15.9 Å². The summed E-state index contributed by atoms with van der Waals surface area (Å²) < 4.78 is 2.82. The molecule has 1 saturated carbocycles. The average Bonchev–Trinajstić information content (AvgIpc) is 2.75. The van der Waals surface area contributed by atoms with Crippen LogP contribution in [-0.2, 0) is 0 Å². The molecule has 4 nitrogen and oxygen atoms in total. The average molecular weight is 323 g/mol. The number of anilines is 1. The third-order valence-electron chi connectivity index (χ3n) is 3.89. The molecule has 2 heterocycles. The number of hydrogen-bond acceptors (Lipinski definition) is 3. The van der Waals surface area contributed by atoms with E-state index in [1.807, 2.05) is 16.8 Å². The minimum absolute atomic E-state index is 0.424. The van der Waals surface area contributed by atoms with Gasteiger partial charge in [-0.3, -0.25) is 0 Å². The van der Waals surface area contributed by atoms with E-state index in [-0.39, 0.29) is 0 Å². The Morgan fingerprint density at radius 1 is 1.47 bits per heavy atom. The van der Waals surface area contributed by atoms with E-state index in [0.29, 0.717) is 11.5 Å². The van der Waals surface area contributed by atoms with Gasteiger partial charge in [-0.05, 0) is 40.6 Å². The summed E-state index contributed by atoms with van der Waals surface area (Å²) in [6.07, 6.45) is 10.7. The number of imidazole rings is 1. The van der Waals surface area contributed by atoms with Gasteiger partial charge in [0.15, 0.2) is 11.5 Å². The Hall–Kier alpha value is -1.10. The third-order valence-corrected chi connectivity index (χ3v) is 4.27. The molecule has 0 saturated heterocycles. The number of halogens is 1. The first-order valence-corrected chi connectivity index (χ1v) is 7.59. The summed E-state index contributed by atoms with van der Waals surface area (Å²) in [7, 11) is 0. The molecule has 1 unspecified atom stereocenters. The molecule has 1 N–H and O–H groups in total. The van der Waals surface area contributed by atoms with Crippen LogP contribution in [0.5, 0.6) is 0 Å². The van der Waals surface area contributed by atoms with Crippen LogP contribution in [-0.4, -0.2) is 20.4 Å². The Bertz CT molecular complexity index is 590. The van der Waals surface area contributed by atoms with Crippen LogP contribution in [0, 0.1) is 5.41 Å². The summed E-state index contributed by atoms with van der Waals surface area (Å²) in [5.41, 5.74) is 1.32. The van der Waals surface area contributed by atoms with Crippen molar-refractivity contribution in [3.63, 3.8) is 0 Å². The molecule has 1 atom stereocenters. The lowest BCUT2D eigenvalue weighted by molar-refractivity contribution is 0.229. The monoisotopic (exact) mass is 322 g/mol. The van der Waals surface area contributed by atoms with Gasteiger partial charge in [0, 0.05) is 24.6 Å². The highest BCUT2D eigenvalue weighted by atomic mass is 79.9. The van der Waals surface area contributed by atoms with Gasteiger partial charge in [0.1, 0.15) is 4.60 Å². The number of nitrogens with one attached hydrogen (secondary N) is 1. The SMILES string of the molecule is CC1(C)CCCC(Nc2nc(Br)cn3ccnc23)C1. The molecular weight excluding hydrogens is 304 g/mol. The summed E-state index contributed by atoms with van der Waals surface area (Å²) >= 11 is 3.46. The van der Waals surface area contributed by atoms with E-state index in [1.165, 1.54) is 25.7 Å². The molecule has 102 valence electrons. The fraction of sp³-hybridized carbons (Fsp3) is 0.571. The van der Waals surface area contributed by atoms with Gasteiger partial charge >= 0.3 is 0 Å². The lowest BCUT2D eigenvalue weighted by Crippen LogP contribution is -2.32. The van der Waals surface area contributed by atoms with Crippen molar-refractivity contribution in [2.45, 2.75) is 45.6 Å². The minimum Gasteiger partial charge on any atom is -0.364 e. The highest BCUT2D eigenvalue weighted by molar-refractivity contribution is 9.10. The standard InChI is InChI=1S/C14H19BrN4/c1-14(2)5-3-4-10(8-14)17-12-13-16-6-7-19(13)9-11(15)18-12/h6-7,9-10H,3-5,8H2,1-2H3,(H,17,18). The first-order chi connectivity index (χ1) is 9.03. The van der Waals surface area contributed by atoms with Crippen LogP contribution in [0.15, 0.2) is 23.2 Å². The Labute approximate surface area is 121 Å². The van der Waals surface area contributed by atoms with Crippen LogP contribution in [0.2, 0.25) is 0 Å². The van der Waals surface area contributed by atoms with Gasteiger partial charge in [-0.15, -0.1) is 0 Å². The van der Waals surface area contributed by atoms with Crippen molar-refractivity contribution in [3.8, 4) is 0 Å². The third kappa shape index (κ3) is 2.76. The van der Waals surface area contributed by atoms with Crippen LogP contribution in [0.25, 0.3) is 5.65 Å². The highest BCUT2D eigenvalue weighted by Gasteiger charge is 2.28. The van der Waals surface area contributed by atoms with Gasteiger partial charge < -0.3 is 9.72 Å². The second-order valence-corrected chi connectivity index (χ2v) is 6.98. The number of fused-ring (bicyclic) bond motifs is 1. The van der Waals surface area contributed by atoms with Crippen LogP contribution < -0.4 is 5.32 Å². The maximum absolute atomic E-state index is 4.54. The van der Waals surface area contributed by atoms with Gasteiger partial charge in [-0.1, -0.05) is 20.3 Å². The van der Waals surface area contributed by atoms with E-state index < -0.39 is 0 Å². The van der Waals surface area contributed by atoms with Gasteiger partial charge in [-0.2, -0.15) is 0 Å². The van der Waals surface area contributed by atoms with Crippen molar-refractivity contribution in [1.82, 2.24) is 14.4 Å². The van der Waals surface area contributed by atoms with Crippen molar-refractivity contribution in [1.29, 1.82) is 0 Å². The Morgan fingerprint density at radius 2 is 2.32 bits per heavy atom. The molecular formula is C14H19BrN4. The molecule has 1 aliphatic rings. The maximum atomic E-state index is 4.54. The minimum atomic E-state index is 0.424. The molecule has 2 aromatic rings. The van der Waals surface area contributed by atoms with E-state index >= 15 is 0 Å². The van der Waals surface area contributed by atoms with Gasteiger partial charge in [-0.25, -0.2) is 9.97 Å². The topological polar surface area (TPSA) is 42.2 Å². The molecule has 2 aromatic heterocycles. The fourth-order valence-corrected chi connectivity index (χ4v) is 3.41. The number of rotatable bonds is 2. The molecule has 0 amide bonds. The van der Waals surface area contributed by atoms with Crippen LogP contribution in [0.1, 0.15) is 39.5 Å². The van der Waals surface area contributed by atoms with E-state index in [1.54, 1.807) is 6.20 Å². The fourth-order valence-electron chi connectivity index (χ4n) is 3.01. The Morgan fingerprint density at radius 3 is 3.11 bits per heavy atom. The molecule has 1 fully saturated rings. The Balaban J connectivity index is 1.86. The molecule has 0 spiro atoms. The lowest BCUT2D eigenvalue weighted by atomic mass is 9.75. The number of nitrogens with zero attached hydrogens (tertiary/aromatic N) is 3. The molecule has 5 heteroatoms. The zero-order valence-electron chi connectivity index (χ0n) is 11.4. The molecule has 0 aromatic carbocycles. The number of aromatic nitrogens is 3. The van der Waals surface area contributed by atoms with Crippen molar-refractivity contribution >= 4 is 27.4 Å². The molecule has 19 heavy (non-hydrogen) atoms. The zero-order valence-corrected chi connectivity index (χ0v) is 12.9. The first-order valence-electron chi connectivity index (χ1n) is 6.79. The second kappa shape index (κ2) is 4.78. The van der Waals surface area contributed by atoms with Crippen molar-refractivity contribution in [3.05, 3.63) is 23.2 Å². The normalized spacial score (nSPS) is 22.6. The van der Waals surface area contributed by atoms with E-state index in [4.69, 9.17) is 0 Å². The highest BCUT2D eigenvalue weighted by Crippen LogP contribution is 2.36. The first kappa shape index (κ1) is 12.9. The summed E-state index contributed by atoms with van der Waals surface area (Å²) in [6.45, 7) is 4.70. The predicted octanol–water partition coefficient (Wildman–Crippen LogP) is 3.87. The van der Waals surface area contributed by atoms with Crippen molar-refractivity contribution < 1.29 is 0 Å². The van der Waals surface area contributed by atoms with Crippen LogP contribution in [0.3, 0.4) is 0 Å². The summed E-state index contributed by atoms with van der Waals surface area (Å²) in [4.78, 5) is 8.92. The maximum Gasteiger partial charge on any atom is 0.180 e. The summed E-state index contributed by atoms with van der Waals surface area (Å²) in [5.74, 6) is 0.877. The molecule has 0 radical (unpaired) electrons. The summed E-state index contributed by atoms with van der Waals surface area (Å²) in [5, 5.41) is 3.58. The largest absolute Gasteiger partial charge is 0.364 e. The quantitative estimate of drug-likeness (QED) is 0.912. The van der Waals surface area contributed by atoms with Crippen molar-refractivity contribution in [2.24, 2.45) is 5.41 Å². The molecule has 3 rings (SSSR count). The summed E-state index contributed by atoms with van der Waals surface area (Å²) in [6, 6.07) is 0.492. The van der Waals surface area contributed by atoms with Crippen LogP contribution in [0.4, 0.5) is 5.82 Å². The Kier molecular flexibility index (Phi) is 3.25. The lowest BCUT2D eigenvalue weighted by Gasteiger charge is -2.35. The zero-order chi connectivity index (χ0) is 13.5. The van der Waals surface area contributed by atoms with E-state index in [0.717, 1.165) is 16.1 Å². The smallest absolute Gasteiger partial charge is 0.180 e. The van der Waals surface area contributed by atoms with Gasteiger partial charge in [0.05, 0.1) is 0 Å². The predicted molar refractivity (Wildman–Crippen MR) is 80.3 cm³/mol. The van der Waals surface area contributed by atoms with E-state index in [9.17, 15) is 0 Å². The van der Waals surface area contributed by atoms with E-state index in [2.05, 4.69) is 45.1 Å². The van der Waals surface area contributed by atoms with Gasteiger partial charge in [0.2, 0.25) is 0 Å². The molecule has 0 aliphatic heterocycles.